The number of amidine groups is 1. The van der Waals surface area contributed by atoms with Crippen molar-refractivity contribution >= 4 is 5.84 Å². The average molecular weight is 225 g/mol. The lowest BCUT2D eigenvalue weighted by Gasteiger charge is -2.26. The van der Waals surface area contributed by atoms with Crippen LogP contribution >= 0.6 is 0 Å². The molecule has 1 saturated carbocycles. The summed E-state index contributed by atoms with van der Waals surface area (Å²) in [5.74, 6) is 7.10. The Hall–Kier alpha value is -0.610. The van der Waals surface area contributed by atoms with E-state index >= 15 is 0 Å². The molecule has 3 N–H and O–H groups in total. The summed E-state index contributed by atoms with van der Waals surface area (Å²) >= 11 is 0. The van der Waals surface area contributed by atoms with Crippen molar-refractivity contribution in [3.8, 4) is 0 Å². The number of nitrogens with one attached hydrogen (secondary N) is 1. The van der Waals surface area contributed by atoms with E-state index < -0.39 is 0 Å². The minimum atomic E-state index is 0.487. The van der Waals surface area contributed by atoms with Gasteiger partial charge >= 0.3 is 0 Å². The third-order valence-electron chi connectivity index (χ3n) is 3.65. The number of hydrazine groups is 1. The maximum atomic E-state index is 5.60. The van der Waals surface area contributed by atoms with Crippen LogP contribution in [0.3, 0.4) is 0 Å². The van der Waals surface area contributed by atoms with Gasteiger partial charge in [-0.15, -0.1) is 0 Å². The molecule has 0 aromatic heterocycles. The number of rotatable bonds is 2. The van der Waals surface area contributed by atoms with Gasteiger partial charge in [0.2, 0.25) is 0 Å². The molecular weight excluding hydrogens is 202 g/mol. The molecule has 1 saturated heterocycles. The van der Waals surface area contributed by atoms with Crippen LogP contribution in [0.15, 0.2) is 4.99 Å². The first-order chi connectivity index (χ1) is 7.90. The zero-order valence-electron chi connectivity index (χ0n) is 9.95. The summed E-state index contributed by atoms with van der Waals surface area (Å²) in [6, 6.07) is 0.502. The molecule has 0 spiro atoms. The summed E-state index contributed by atoms with van der Waals surface area (Å²) in [4.78, 5) is 4.80. The summed E-state index contributed by atoms with van der Waals surface area (Å²) in [6.07, 6.45) is 8.57. The lowest BCUT2D eigenvalue weighted by Crippen LogP contribution is -2.39. The molecule has 16 heavy (non-hydrogen) atoms. The van der Waals surface area contributed by atoms with Crippen LogP contribution in [0, 0.1) is 5.92 Å². The van der Waals surface area contributed by atoms with Gasteiger partial charge in [-0.2, -0.15) is 0 Å². The highest BCUT2D eigenvalue weighted by molar-refractivity contribution is 5.84. The number of nitrogens with zero attached hydrogens (tertiary/aromatic N) is 1. The van der Waals surface area contributed by atoms with Gasteiger partial charge in [-0.05, 0) is 25.7 Å². The molecule has 4 nitrogen and oxygen atoms in total. The van der Waals surface area contributed by atoms with E-state index in [0.29, 0.717) is 12.0 Å². The van der Waals surface area contributed by atoms with Gasteiger partial charge in [0.1, 0.15) is 5.84 Å². The minimum Gasteiger partial charge on any atom is -0.381 e. The fourth-order valence-electron chi connectivity index (χ4n) is 2.64. The van der Waals surface area contributed by atoms with Crippen LogP contribution in [0.5, 0.6) is 0 Å². The monoisotopic (exact) mass is 225 g/mol. The first-order valence-corrected chi connectivity index (χ1v) is 6.52. The van der Waals surface area contributed by atoms with Crippen LogP contribution in [0.1, 0.15) is 44.9 Å². The van der Waals surface area contributed by atoms with Crippen molar-refractivity contribution in [3.05, 3.63) is 0 Å². The molecule has 4 heteroatoms. The van der Waals surface area contributed by atoms with Crippen LogP contribution < -0.4 is 11.3 Å². The van der Waals surface area contributed by atoms with Gasteiger partial charge in [0.25, 0.3) is 0 Å². The number of hydrogen-bond donors (Lipinski definition) is 2. The molecule has 1 heterocycles. The number of hydrogen-bond acceptors (Lipinski definition) is 3. The predicted octanol–water partition coefficient (Wildman–Crippen LogP) is 1.61. The van der Waals surface area contributed by atoms with E-state index in [9.17, 15) is 0 Å². The zero-order chi connectivity index (χ0) is 11.2. The van der Waals surface area contributed by atoms with Crippen LogP contribution in [0.25, 0.3) is 0 Å². The number of aliphatic imine (C=N–C) groups is 1. The van der Waals surface area contributed by atoms with Crippen LogP contribution in [-0.4, -0.2) is 25.1 Å². The standard InChI is InChI=1S/C12H23N3O/c13-15-12(10-6-8-16-9-7-10)14-11-4-2-1-3-5-11/h10-11H,1-9,13H2,(H,14,15). The van der Waals surface area contributed by atoms with Crippen molar-refractivity contribution < 1.29 is 4.74 Å². The van der Waals surface area contributed by atoms with Crippen molar-refractivity contribution in [1.82, 2.24) is 5.43 Å². The Morgan fingerprint density at radius 1 is 1.06 bits per heavy atom. The van der Waals surface area contributed by atoms with Crippen molar-refractivity contribution in [2.45, 2.75) is 51.0 Å². The molecule has 0 atom stereocenters. The molecule has 2 fully saturated rings. The Morgan fingerprint density at radius 2 is 1.75 bits per heavy atom. The molecule has 1 aliphatic heterocycles. The second-order valence-electron chi connectivity index (χ2n) is 4.84. The van der Waals surface area contributed by atoms with E-state index in [2.05, 4.69) is 5.43 Å². The second kappa shape index (κ2) is 6.21. The third kappa shape index (κ3) is 3.19. The minimum absolute atomic E-state index is 0.487. The summed E-state index contributed by atoms with van der Waals surface area (Å²) in [6.45, 7) is 1.69. The topological polar surface area (TPSA) is 59.6 Å². The summed E-state index contributed by atoms with van der Waals surface area (Å²) in [5.41, 5.74) is 2.81. The van der Waals surface area contributed by atoms with Crippen molar-refractivity contribution in [1.29, 1.82) is 0 Å². The maximum absolute atomic E-state index is 5.60. The molecule has 0 radical (unpaired) electrons. The van der Waals surface area contributed by atoms with Gasteiger partial charge in [0.05, 0.1) is 6.04 Å². The van der Waals surface area contributed by atoms with Gasteiger partial charge < -0.3 is 10.2 Å². The van der Waals surface area contributed by atoms with E-state index in [0.717, 1.165) is 31.9 Å². The Morgan fingerprint density at radius 3 is 2.38 bits per heavy atom. The first-order valence-electron chi connectivity index (χ1n) is 6.52. The predicted molar refractivity (Wildman–Crippen MR) is 65.2 cm³/mol. The molecule has 92 valence electrons. The number of nitrogens with two attached hydrogens (primary N) is 1. The second-order valence-corrected chi connectivity index (χ2v) is 4.84. The fraction of sp³-hybridized carbons (Fsp3) is 0.917. The largest absolute Gasteiger partial charge is 0.381 e. The Balaban J connectivity index is 1.93. The van der Waals surface area contributed by atoms with Crippen LogP contribution in [-0.2, 0) is 4.74 Å². The van der Waals surface area contributed by atoms with E-state index in [4.69, 9.17) is 15.6 Å². The van der Waals surface area contributed by atoms with E-state index in [-0.39, 0.29) is 0 Å². The normalized spacial score (nSPS) is 25.7. The third-order valence-corrected chi connectivity index (χ3v) is 3.65. The van der Waals surface area contributed by atoms with Gasteiger partial charge in [-0.1, -0.05) is 19.3 Å². The highest BCUT2D eigenvalue weighted by Gasteiger charge is 2.21. The zero-order valence-corrected chi connectivity index (χ0v) is 9.95. The average Bonchev–Trinajstić information content (AvgIpc) is 2.38. The molecular formula is C12H23N3O. The Labute approximate surface area is 97.6 Å². The molecule has 0 amide bonds. The van der Waals surface area contributed by atoms with Gasteiger partial charge in [0, 0.05) is 19.1 Å². The Bertz CT molecular complexity index is 230. The lowest BCUT2D eigenvalue weighted by molar-refractivity contribution is 0.0819. The number of ether oxygens (including phenoxy) is 1. The van der Waals surface area contributed by atoms with Crippen molar-refractivity contribution in [3.63, 3.8) is 0 Å². The fourth-order valence-corrected chi connectivity index (χ4v) is 2.64. The molecule has 0 aromatic carbocycles. The smallest absolute Gasteiger partial charge is 0.114 e. The van der Waals surface area contributed by atoms with Gasteiger partial charge in [-0.3, -0.25) is 4.99 Å². The molecule has 0 bridgehead atoms. The summed E-state index contributed by atoms with van der Waals surface area (Å²) in [7, 11) is 0. The summed E-state index contributed by atoms with van der Waals surface area (Å²) in [5, 5.41) is 0. The Kier molecular flexibility index (Phi) is 4.60. The molecule has 0 unspecified atom stereocenters. The molecule has 1 aliphatic carbocycles. The van der Waals surface area contributed by atoms with E-state index in [1.165, 1.54) is 32.1 Å². The highest BCUT2D eigenvalue weighted by Crippen LogP contribution is 2.22. The van der Waals surface area contributed by atoms with E-state index in [1.54, 1.807) is 0 Å². The van der Waals surface area contributed by atoms with Crippen LogP contribution in [0.2, 0.25) is 0 Å². The van der Waals surface area contributed by atoms with Crippen molar-refractivity contribution in [2.24, 2.45) is 16.8 Å². The van der Waals surface area contributed by atoms with Crippen molar-refractivity contribution in [2.75, 3.05) is 13.2 Å². The maximum Gasteiger partial charge on any atom is 0.114 e. The van der Waals surface area contributed by atoms with E-state index in [1.807, 2.05) is 0 Å². The quantitative estimate of drug-likeness (QED) is 0.325. The summed E-state index contributed by atoms with van der Waals surface area (Å²) < 4.78 is 5.36. The highest BCUT2D eigenvalue weighted by atomic mass is 16.5. The van der Waals surface area contributed by atoms with Gasteiger partial charge in [0.15, 0.2) is 0 Å². The first kappa shape index (κ1) is 11.9. The molecule has 2 aliphatic rings. The SMILES string of the molecule is NNC(=NC1CCCCC1)C1CCOCC1. The molecule has 0 aromatic rings. The lowest BCUT2D eigenvalue weighted by atomic mass is 9.94. The van der Waals surface area contributed by atoms with Crippen LogP contribution in [0.4, 0.5) is 0 Å². The molecule has 2 rings (SSSR count). The van der Waals surface area contributed by atoms with Gasteiger partial charge in [-0.25, -0.2) is 5.84 Å².